The van der Waals surface area contributed by atoms with Crippen LogP contribution in [0.4, 0.5) is 22.7 Å². The zero-order valence-electron chi connectivity index (χ0n) is 10.5. The number of aryl methyl sites for hydroxylation is 1. The average Bonchev–Trinajstić information content (AvgIpc) is 2.36. The molecule has 3 rings (SSSR count). The molecule has 0 radical (unpaired) electrons. The molecule has 1 aliphatic rings. The van der Waals surface area contributed by atoms with E-state index in [1.54, 1.807) is 0 Å². The first-order valence-corrected chi connectivity index (χ1v) is 5.88. The molecular weight excluding hydrogens is 224 g/mol. The Morgan fingerprint density at radius 3 is 2.61 bits per heavy atom. The van der Waals surface area contributed by atoms with E-state index in [9.17, 15) is 0 Å². The smallest absolute Gasteiger partial charge is 0.0652 e. The molecule has 0 aliphatic carbocycles. The molecule has 4 nitrogen and oxygen atoms in total. The van der Waals surface area contributed by atoms with E-state index >= 15 is 0 Å². The molecule has 0 atom stereocenters. The zero-order valence-corrected chi connectivity index (χ0v) is 10.5. The Labute approximate surface area is 106 Å². The summed E-state index contributed by atoms with van der Waals surface area (Å²) in [4.78, 5) is 0. The van der Waals surface area contributed by atoms with Gasteiger partial charge in [-0.05, 0) is 24.6 Å². The quantitative estimate of drug-likeness (QED) is 0.619. The number of para-hydroxylation sites is 1. The fourth-order valence-corrected chi connectivity index (χ4v) is 2.46. The van der Waals surface area contributed by atoms with Gasteiger partial charge in [-0.3, -0.25) is 10.4 Å². The molecule has 0 spiro atoms. The second kappa shape index (κ2) is 3.57. The van der Waals surface area contributed by atoms with Gasteiger partial charge in [0.25, 0.3) is 0 Å². The lowest BCUT2D eigenvalue weighted by molar-refractivity contribution is 1.08. The number of fused-ring (bicyclic) bond motifs is 3. The lowest BCUT2D eigenvalue weighted by Crippen LogP contribution is -2.29. The molecule has 1 heterocycles. The van der Waals surface area contributed by atoms with Crippen LogP contribution in [0.25, 0.3) is 11.1 Å². The fraction of sp³-hybridized carbons (Fsp3) is 0.143. The molecule has 0 saturated heterocycles. The molecule has 92 valence electrons. The highest BCUT2D eigenvalue weighted by atomic mass is 15.5. The van der Waals surface area contributed by atoms with Crippen LogP contribution in [0.2, 0.25) is 0 Å². The van der Waals surface area contributed by atoms with E-state index in [2.05, 4.69) is 17.6 Å². The average molecular weight is 240 g/mol. The number of hydrogen-bond acceptors (Lipinski definition) is 4. The van der Waals surface area contributed by atoms with Crippen molar-refractivity contribution >= 4 is 22.7 Å². The van der Waals surface area contributed by atoms with Gasteiger partial charge in [-0.2, -0.15) is 0 Å². The first-order chi connectivity index (χ1) is 8.59. The van der Waals surface area contributed by atoms with Gasteiger partial charge in [-0.15, -0.1) is 0 Å². The van der Waals surface area contributed by atoms with Crippen molar-refractivity contribution in [2.45, 2.75) is 6.92 Å². The minimum Gasteiger partial charge on any atom is -0.397 e. The van der Waals surface area contributed by atoms with E-state index < -0.39 is 0 Å². The monoisotopic (exact) mass is 240 g/mol. The lowest BCUT2D eigenvalue weighted by atomic mass is 9.95. The summed E-state index contributed by atoms with van der Waals surface area (Å²) >= 11 is 0. The summed E-state index contributed by atoms with van der Waals surface area (Å²) in [5, 5.41) is 1.99. The predicted octanol–water partition coefficient (Wildman–Crippen LogP) is 2.60. The van der Waals surface area contributed by atoms with Gasteiger partial charge in [0.15, 0.2) is 0 Å². The van der Waals surface area contributed by atoms with Crippen molar-refractivity contribution in [2.75, 3.05) is 28.9 Å². The molecule has 0 unspecified atom stereocenters. The lowest BCUT2D eigenvalue weighted by Gasteiger charge is -2.32. The first kappa shape index (κ1) is 10.8. The van der Waals surface area contributed by atoms with Crippen LogP contribution in [0.5, 0.6) is 0 Å². The maximum Gasteiger partial charge on any atom is 0.0652 e. The molecule has 0 amide bonds. The normalized spacial score (nSPS) is 12.7. The molecule has 18 heavy (non-hydrogen) atoms. The largest absolute Gasteiger partial charge is 0.397 e. The summed E-state index contributed by atoms with van der Waals surface area (Å²) in [6.45, 7) is 1.97. The number of nitrogens with zero attached hydrogens (tertiary/aromatic N) is 1. The van der Waals surface area contributed by atoms with E-state index in [0.717, 1.165) is 28.1 Å². The molecule has 0 bridgehead atoms. The molecule has 0 aromatic heterocycles. The van der Waals surface area contributed by atoms with E-state index in [0.29, 0.717) is 11.4 Å². The highest BCUT2D eigenvalue weighted by Crippen LogP contribution is 2.45. The van der Waals surface area contributed by atoms with Crippen LogP contribution >= 0.6 is 0 Å². The Morgan fingerprint density at radius 1 is 1.11 bits per heavy atom. The summed E-state index contributed by atoms with van der Waals surface area (Å²) in [5.41, 5.74) is 22.0. The van der Waals surface area contributed by atoms with E-state index in [-0.39, 0.29) is 0 Å². The third-order valence-corrected chi connectivity index (χ3v) is 3.44. The SMILES string of the molecule is Cc1cc2c(c(N)c1N)-c1ccccc1N(C)N2. The topological polar surface area (TPSA) is 67.3 Å². The minimum absolute atomic E-state index is 0.651. The van der Waals surface area contributed by atoms with Crippen LogP contribution in [0, 0.1) is 6.92 Å². The summed E-state index contributed by atoms with van der Waals surface area (Å²) in [5.74, 6) is 0. The highest BCUT2D eigenvalue weighted by Gasteiger charge is 2.22. The fourth-order valence-electron chi connectivity index (χ4n) is 2.46. The Balaban J connectivity index is 2.36. The van der Waals surface area contributed by atoms with Crippen molar-refractivity contribution in [1.29, 1.82) is 0 Å². The molecule has 2 aromatic carbocycles. The van der Waals surface area contributed by atoms with Crippen LogP contribution in [0.1, 0.15) is 5.56 Å². The number of nitrogens with two attached hydrogens (primary N) is 2. The third kappa shape index (κ3) is 1.32. The van der Waals surface area contributed by atoms with Gasteiger partial charge < -0.3 is 11.5 Å². The minimum atomic E-state index is 0.651. The Bertz CT molecular complexity index is 634. The number of benzene rings is 2. The maximum absolute atomic E-state index is 6.18. The number of nitrogen functional groups attached to an aromatic ring is 2. The standard InChI is InChI=1S/C14H16N4/c1-8-7-10-12(14(16)13(8)15)9-5-3-4-6-11(9)18(2)17-10/h3-7,17H,15-16H2,1-2H3. The summed E-state index contributed by atoms with van der Waals surface area (Å²) in [7, 11) is 1.99. The number of rotatable bonds is 0. The van der Waals surface area contributed by atoms with Gasteiger partial charge >= 0.3 is 0 Å². The molecule has 2 aromatic rings. The van der Waals surface area contributed by atoms with E-state index in [4.69, 9.17) is 11.5 Å². The van der Waals surface area contributed by atoms with Crippen molar-refractivity contribution in [3.63, 3.8) is 0 Å². The van der Waals surface area contributed by atoms with Crippen molar-refractivity contribution in [2.24, 2.45) is 0 Å². The van der Waals surface area contributed by atoms with Gasteiger partial charge in [-0.1, -0.05) is 18.2 Å². The Hall–Kier alpha value is -2.36. The zero-order chi connectivity index (χ0) is 12.9. The van der Waals surface area contributed by atoms with Crippen molar-refractivity contribution < 1.29 is 0 Å². The van der Waals surface area contributed by atoms with Gasteiger partial charge in [-0.25, -0.2) is 0 Å². The number of hydrogen-bond donors (Lipinski definition) is 3. The van der Waals surface area contributed by atoms with Crippen LogP contribution < -0.4 is 21.9 Å². The Morgan fingerprint density at radius 2 is 1.83 bits per heavy atom. The van der Waals surface area contributed by atoms with Crippen LogP contribution in [0.15, 0.2) is 30.3 Å². The number of anilines is 4. The van der Waals surface area contributed by atoms with Crippen molar-refractivity contribution in [3.8, 4) is 11.1 Å². The molecular formula is C14H16N4. The summed E-state index contributed by atoms with van der Waals surface area (Å²) < 4.78 is 0. The van der Waals surface area contributed by atoms with Gasteiger partial charge in [0.2, 0.25) is 0 Å². The molecule has 0 fully saturated rings. The van der Waals surface area contributed by atoms with Crippen LogP contribution in [-0.2, 0) is 0 Å². The van der Waals surface area contributed by atoms with Gasteiger partial charge in [0, 0.05) is 18.2 Å². The molecule has 1 aliphatic heterocycles. The Kier molecular flexibility index (Phi) is 2.13. The number of hydrazine groups is 1. The van der Waals surface area contributed by atoms with Gasteiger partial charge in [0.1, 0.15) is 0 Å². The summed E-state index contributed by atoms with van der Waals surface area (Å²) in [6.07, 6.45) is 0. The first-order valence-electron chi connectivity index (χ1n) is 5.88. The maximum atomic E-state index is 6.18. The van der Waals surface area contributed by atoms with Crippen LogP contribution in [0.3, 0.4) is 0 Å². The van der Waals surface area contributed by atoms with Gasteiger partial charge in [0.05, 0.1) is 22.7 Å². The van der Waals surface area contributed by atoms with Crippen molar-refractivity contribution in [1.82, 2.24) is 0 Å². The third-order valence-electron chi connectivity index (χ3n) is 3.44. The number of nitrogens with one attached hydrogen (secondary N) is 1. The second-order valence-corrected chi connectivity index (χ2v) is 4.63. The van der Waals surface area contributed by atoms with Crippen LogP contribution in [-0.4, -0.2) is 7.05 Å². The molecule has 4 heteroatoms. The second-order valence-electron chi connectivity index (χ2n) is 4.63. The predicted molar refractivity (Wildman–Crippen MR) is 77.5 cm³/mol. The van der Waals surface area contributed by atoms with E-state index in [1.807, 2.05) is 37.2 Å². The van der Waals surface area contributed by atoms with E-state index in [1.165, 1.54) is 0 Å². The van der Waals surface area contributed by atoms with Crippen molar-refractivity contribution in [3.05, 3.63) is 35.9 Å². The molecule has 0 saturated carbocycles. The summed E-state index contributed by atoms with van der Waals surface area (Å²) in [6, 6.07) is 10.2. The highest BCUT2D eigenvalue weighted by molar-refractivity contribution is 6.01. The molecule has 5 N–H and O–H groups in total.